The molecule has 1 saturated heterocycles. The van der Waals surface area contributed by atoms with E-state index in [0.29, 0.717) is 18.6 Å². The summed E-state index contributed by atoms with van der Waals surface area (Å²) in [7, 11) is 1.83. The Morgan fingerprint density at radius 2 is 2.11 bits per heavy atom. The van der Waals surface area contributed by atoms with Crippen molar-refractivity contribution in [3.8, 4) is 5.75 Å². The van der Waals surface area contributed by atoms with E-state index in [-0.39, 0.29) is 35.5 Å². The number of likely N-dealkylation sites (tertiary alicyclic amines) is 1. The number of methoxy groups -OCH3 is 1. The number of rotatable bonds is 3. The van der Waals surface area contributed by atoms with E-state index in [9.17, 15) is 9.90 Å². The van der Waals surface area contributed by atoms with Crippen molar-refractivity contribution in [2.75, 3.05) is 20.2 Å². The molecule has 2 bridgehead atoms. The first-order chi connectivity index (χ1) is 12.8. The molecule has 2 aliphatic carbocycles. The molecule has 0 aromatic heterocycles. The van der Waals surface area contributed by atoms with Crippen molar-refractivity contribution in [3.05, 3.63) is 41.0 Å². The van der Waals surface area contributed by atoms with Crippen LogP contribution in [-0.2, 0) is 21.4 Å². The van der Waals surface area contributed by atoms with Crippen molar-refractivity contribution in [1.29, 1.82) is 0 Å². The minimum absolute atomic E-state index is 0. The maximum absolute atomic E-state index is 12.7. The predicted octanol–water partition coefficient (Wildman–Crippen LogP) is 4.03. The minimum Gasteiger partial charge on any atom is -0.508 e. The van der Waals surface area contributed by atoms with Crippen LogP contribution in [0.5, 0.6) is 5.75 Å². The number of fused-ring (bicyclic) bond motifs is 1. The normalized spacial score (nSPS) is 34.1. The first-order valence-corrected chi connectivity index (χ1v) is 10.1. The molecule has 0 amide bonds. The molecule has 4 atom stereocenters. The summed E-state index contributed by atoms with van der Waals surface area (Å²) < 4.78 is 6.44. The number of phenolic OH excluding ortho intramolecular Hbond substituents is 1. The zero-order valence-corrected chi connectivity index (χ0v) is 18.1. The van der Waals surface area contributed by atoms with Gasteiger partial charge in [0.2, 0.25) is 0 Å². The number of piperidine rings is 1. The number of aromatic hydroxyl groups is 1. The van der Waals surface area contributed by atoms with E-state index in [2.05, 4.69) is 31.7 Å². The Morgan fingerprint density at radius 3 is 2.79 bits per heavy atom. The second-order valence-electron chi connectivity index (χ2n) is 8.99. The average Bonchev–Trinajstić information content (AvgIpc) is 2.61. The fraction of sp³-hybridized carbons (Fsp3) is 0.609. The van der Waals surface area contributed by atoms with Gasteiger partial charge in [-0.15, -0.1) is 12.4 Å². The highest BCUT2D eigenvalue weighted by atomic mass is 35.5. The third-order valence-electron chi connectivity index (χ3n) is 7.37. The molecule has 1 aromatic rings. The Labute approximate surface area is 174 Å². The number of hydrogen-bond acceptors (Lipinski definition) is 4. The summed E-state index contributed by atoms with van der Waals surface area (Å²) >= 11 is 0. The zero-order chi connectivity index (χ0) is 19.4. The number of ketones is 1. The van der Waals surface area contributed by atoms with E-state index in [4.69, 9.17) is 4.74 Å². The molecule has 4 rings (SSSR count). The summed E-state index contributed by atoms with van der Waals surface area (Å²) in [5, 5.41) is 10.2. The lowest BCUT2D eigenvalue weighted by Crippen LogP contribution is -2.76. The van der Waals surface area contributed by atoms with Crippen LogP contribution in [0.1, 0.15) is 51.2 Å². The SMILES string of the molecule is CO[C@@]12[C@@H](C)CC(=O)C[C@@]13CCN(CC=C(C)C)[C@@H]2Cc1ccc(O)cc13.Cl. The maximum atomic E-state index is 12.7. The monoisotopic (exact) mass is 405 g/mol. The molecular weight excluding hydrogens is 374 g/mol. The van der Waals surface area contributed by atoms with E-state index in [1.54, 1.807) is 6.07 Å². The van der Waals surface area contributed by atoms with Gasteiger partial charge >= 0.3 is 0 Å². The van der Waals surface area contributed by atoms with Gasteiger partial charge in [-0.05, 0) is 62.4 Å². The van der Waals surface area contributed by atoms with Crippen LogP contribution in [0.25, 0.3) is 0 Å². The molecule has 1 N–H and O–H groups in total. The maximum Gasteiger partial charge on any atom is 0.134 e. The number of hydrogen-bond donors (Lipinski definition) is 1. The number of nitrogens with zero attached hydrogens (tertiary/aromatic N) is 1. The molecule has 3 aliphatic rings. The van der Waals surface area contributed by atoms with Crippen LogP contribution in [-0.4, -0.2) is 47.6 Å². The van der Waals surface area contributed by atoms with Gasteiger partial charge in [0.05, 0.1) is 5.60 Å². The molecule has 5 heteroatoms. The number of carbonyl (C=O) groups is 1. The van der Waals surface area contributed by atoms with Crippen LogP contribution in [0.4, 0.5) is 0 Å². The Hall–Kier alpha value is -1.36. The minimum atomic E-state index is -0.393. The summed E-state index contributed by atoms with van der Waals surface area (Å²) in [5.74, 6) is 0.755. The Kier molecular flexibility index (Phi) is 5.70. The molecule has 1 heterocycles. The summed E-state index contributed by atoms with van der Waals surface area (Å²) in [5.41, 5.74) is 2.99. The molecule has 0 unspecified atom stereocenters. The highest BCUT2D eigenvalue weighted by Crippen LogP contribution is 2.61. The molecule has 28 heavy (non-hydrogen) atoms. The lowest BCUT2D eigenvalue weighted by Gasteiger charge is -2.67. The molecule has 154 valence electrons. The topological polar surface area (TPSA) is 49.8 Å². The second-order valence-corrected chi connectivity index (χ2v) is 8.99. The van der Waals surface area contributed by atoms with Crippen LogP contribution in [0, 0.1) is 5.92 Å². The van der Waals surface area contributed by atoms with Crippen molar-refractivity contribution in [1.82, 2.24) is 4.90 Å². The van der Waals surface area contributed by atoms with Crippen molar-refractivity contribution >= 4 is 18.2 Å². The van der Waals surface area contributed by atoms with E-state index >= 15 is 0 Å². The standard InChI is InChI=1S/C23H31NO3.ClH/c1-15(2)7-9-24-10-8-22-14-19(26)11-16(3)23(22,27-4)21(24)12-17-5-6-18(25)13-20(17)22;/h5-7,13,16,21,25H,8-12,14H2,1-4H3;1H/t16-,21+,22+,23+;/m0./s1. The number of allylic oxidation sites excluding steroid dienone is 1. The molecule has 4 nitrogen and oxygen atoms in total. The molecule has 1 aromatic carbocycles. The van der Waals surface area contributed by atoms with Gasteiger partial charge in [-0.25, -0.2) is 0 Å². The van der Waals surface area contributed by atoms with Gasteiger partial charge in [0.1, 0.15) is 11.5 Å². The smallest absolute Gasteiger partial charge is 0.134 e. The molecule has 2 fully saturated rings. The number of ether oxygens (including phenoxy) is 1. The van der Waals surface area contributed by atoms with Crippen LogP contribution < -0.4 is 0 Å². The fourth-order valence-corrected chi connectivity index (χ4v) is 6.37. The van der Waals surface area contributed by atoms with Crippen molar-refractivity contribution in [3.63, 3.8) is 0 Å². The van der Waals surface area contributed by atoms with Gasteiger partial charge in [-0.1, -0.05) is 24.6 Å². The van der Waals surface area contributed by atoms with Crippen molar-refractivity contribution in [2.45, 2.75) is 63.5 Å². The number of Topliss-reactive ketones (excluding diaryl/α,β-unsaturated/α-hetero) is 1. The third kappa shape index (κ3) is 2.84. The van der Waals surface area contributed by atoms with E-state index in [1.807, 2.05) is 19.2 Å². The van der Waals surface area contributed by atoms with Crippen LogP contribution in [0.3, 0.4) is 0 Å². The number of carbonyl (C=O) groups excluding carboxylic acids is 1. The highest BCUT2D eigenvalue weighted by molar-refractivity contribution is 5.85. The Morgan fingerprint density at radius 1 is 1.36 bits per heavy atom. The summed E-state index contributed by atoms with van der Waals surface area (Å²) in [6.07, 6.45) is 5.19. The molecule has 1 aliphatic heterocycles. The lowest BCUT2D eigenvalue weighted by atomic mass is 9.46. The first-order valence-electron chi connectivity index (χ1n) is 10.1. The number of phenols is 1. The summed E-state index contributed by atoms with van der Waals surface area (Å²) in [4.78, 5) is 15.3. The molecular formula is C23H32ClNO3. The fourth-order valence-electron chi connectivity index (χ4n) is 6.37. The Bertz CT molecular complexity index is 803. The average molecular weight is 406 g/mol. The predicted molar refractivity (Wildman–Crippen MR) is 113 cm³/mol. The first kappa shape index (κ1) is 21.4. The number of benzene rings is 1. The van der Waals surface area contributed by atoms with E-state index < -0.39 is 5.60 Å². The second kappa shape index (κ2) is 7.47. The Balaban J connectivity index is 0.00000225. The van der Waals surface area contributed by atoms with Gasteiger partial charge in [0.25, 0.3) is 0 Å². The zero-order valence-electron chi connectivity index (χ0n) is 17.3. The van der Waals surface area contributed by atoms with Crippen molar-refractivity contribution < 1.29 is 14.6 Å². The molecule has 0 spiro atoms. The van der Waals surface area contributed by atoms with E-state index in [0.717, 1.165) is 31.5 Å². The van der Waals surface area contributed by atoms with Gasteiger partial charge in [-0.2, -0.15) is 0 Å². The molecule has 0 radical (unpaired) electrons. The summed E-state index contributed by atoms with van der Waals surface area (Å²) in [6, 6.07) is 5.97. The third-order valence-corrected chi connectivity index (χ3v) is 7.37. The lowest BCUT2D eigenvalue weighted by molar-refractivity contribution is -0.208. The van der Waals surface area contributed by atoms with Crippen LogP contribution >= 0.6 is 12.4 Å². The quantitative estimate of drug-likeness (QED) is 0.771. The van der Waals surface area contributed by atoms with Gasteiger partial charge in [0, 0.05) is 38.0 Å². The summed E-state index contributed by atoms with van der Waals surface area (Å²) in [6.45, 7) is 8.33. The van der Waals surface area contributed by atoms with Crippen LogP contribution in [0.15, 0.2) is 29.8 Å². The van der Waals surface area contributed by atoms with Crippen LogP contribution in [0.2, 0.25) is 0 Å². The van der Waals surface area contributed by atoms with Gasteiger partial charge < -0.3 is 9.84 Å². The van der Waals surface area contributed by atoms with E-state index in [1.165, 1.54) is 11.1 Å². The molecule has 1 saturated carbocycles. The van der Waals surface area contributed by atoms with Gasteiger partial charge in [0.15, 0.2) is 0 Å². The van der Waals surface area contributed by atoms with Gasteiger partial charge in [-0.3, -0.25) is 9.69 Å². The highest BCUT2D eigenvalue weighted by Gasteiger charge is 2.68. The largest absolute Gasteiger partial charge is 0.508 e. The van der Waals surface area contributed by atoms with Crippen molar-refractivity contribution in [2.24, 2.45) is 5.92 Å². The number of halogens is 1.